The molecule has 0 aromatic rings. The molecule has 1 heterocycles. The molecule has 0 saturated carbocycles. The average molecular weight is 216 g/mol. The SMILES string of the molecule is CC(C)C1=NCO[N-]1.[Rh+2]. The van der Waals surface area contributed by atoms with Gasteiger partial charge in [0.05, 0.1) is 6.73 Å². The molecular formula is C5H9N2ORh+. The summed E-state index contributed by atoms with van der Waals surface area (Å²) < 4.78 is 0. The summed E-state index contributed by atoms with van der Waals surface area (Å²) in [6, 6.07) is 0. The Morgan fingerprint density at radius 2 is 2.33 bits per heavy atom. The van der Waals surface area contributed by atoms with Gasteiger partial charge in [0.25, 0.3) is 0 Å². The van der Waals surface area contributed by atoms with Gasteiger partial charge in [-0.15, -0.1) is 0 Å². The molecule has 0 unspecified atom stereocenters. The van der Waals surface area contributed by atoms with Gasteiger partial charge in [0, 0.05) is 0 Å². The quantitative estimate of drug-likeness (QED) is 0.608. The minimum Gasteiger partial charge on any atom is -0.443 e. The Hall–Kier alpha value is 0.0534. The van der Waals surface area contributed by atoms with E-state index in [4.69, 9.17) is 0 Å². The van der Waals surface area contributed by atoms with Crippen LogP contribution >= 0.6 is 0 Å². The zero-order chi connectivity index (χ0) is 5.98. The molecule has 1 radical (unpaired) electrons. The fourth-order valence-electron chi connectivity index (χ4n) is 0.507. The molecule has 0 atom stereocenters. The van der Waals surface area contributed by atoms with E-state index in [1.807, 2.05) is 13.8 Å². The van der Waals surface area contributed by atoms with Crippen LogP contribution in [0.1, 0.15) is 13.8 Å². The zero-order valence-electron chi connectivity index (χ0n) is 5.42. The van der Waals surface area contributed by atoms with E-state index in [0.717, 1.165) is 5.84 Å². The summed E-state index contributed by atoms with van der Waals surface area (Å²) in [5, 5.41) is 0. The zero-order valence-corrected chi connectivity index (χ0v) is 7.06. The second-order valence-corrected chi connectivity index (χ2v) is 2.02. The standard InChI is InChI=1S/C5H9N2O.Rh/c1-4(2)5-6-3-8-7-5;/h4H,3H2,1-2H3;/q-1;+2. The van der Waals surface area contributed by atoms with Crippen LogP contribution in [0, 0.1) is 5.92 Å². The maximum absolute atomic E-state index is 4.64. The Bertz CT molecular complexity index is 114. The summed E-state index contributed by atoms with van der Waals surface area (Å²) in [7, 11) is 0. The first-order chi connectivity index (χ1) is 3.80. The molecule has 1 aliphatic heterocycles. The molecule has 4 heteroatoms. The molecule has 0 aromatic heterocycles. The van der Waals surface area contributed by atoms with Crippen LogP contribution in [0.5, 0.6) is 0 Å². The van der Waals surface area contributed by atoms with Crippen LogP contribution in [0.4, 0.5) is 0 Å². The van der Waals surface area contributed by atoms with E-state index >= 15 is 0 Å². The maximum atomic E-state index is 4.64. The Balaban J connectivity index is 0.000000640. The normalized spacial score (nSPS) is 16.6. The summed E-state index contributed by atoms with van der Waals surface area (Å²) in [6.07, 6.45) is 0. The molecular weight excluding hydrogens is 207 g/mol. The van der Waals surface area contributed by atoms with Gasteiger partial charge in [-0.2, -0.15) is 0 Å². The molecule has 1 rings (SSSR count). The van der Waals surface area contributed by atoms with Crippen LogP contribution in [-0.2, 0) is 24.3 Å². The van der Waals surface area contributed by atoms with Crippen molar-refractivity contribution in [3.8, 4) is 0 Å². The second-order valence-electron chi connectivity index (χ2n) is 2.02. The summed E-state index contributed by atoms with van der Waals surface area (Å²) in [5.74, 6) is 1.22. The first-order valence-corrected chi connectivity index (χ1v) is 2.68. The molecule has 0 aromatic carbocycles. The van der Waals surface area contributed by atoms with E-state index in [-0.39, 0.29) is 19.5 Å². The van der Waals surface area contributed by atoms with Gasteiger partial charge in [-0.1, -0.05) is 19.7 Å². The number of hydrogen-bond acceptors (Lipinski definition) is 2. The Labute approximate surface area is 67.6 Å². The van der Waals surface area contributed by atoms with Crippen LogP contribution in [-0.4, -0.2) is 12.6 Å². The number of nitrogens with zero attached hydrogens (tertiary/aromatic N) is 2. The molecule has 9 heavy (non-hydrogen) atoms. The minimum absolute atomic E-state index is 0. The second kappa shape index (κ2) is 3.96. The van der Waals surface area contributed by atoms with Crippen molar-refractivity contribution in [2.24, 2.45) is 10.9 Å². The van der Waals surface area contributed by atoms with Crippen LogP contribution in [0.2, 0.25) is 0 Å². The minimum atomic E-state index is 0. The van der Waals surface area contributed by atoms with Gasteiger partial charge in [0.1, 0.15) is 0 Å². The predicted octanol–water partition coefficient (Wildman–Crippen LogP) is 1.31. The topological polar surface area (TPSA) is 35.7 Å². The van der Waals surface area contributed by atoms with Crippen molar-refractivity contribution in [1.29, 1.82) is 0 Å². The summed E-state index contributed by atoms with van der Waals surface area (Å²) in [5.41, 5.74) is 3.69. The van der Waals surface area contributed by atoms with Crippen molar-refractivity contribution >= 4 is 5.84 Å². The third-order valence-corrected chi connectivity index (χ3v) is 0.959. The first-order valence-electron chi connectivity index (χ1n) is 2.68. The molecule has 0 fully saturated rings. The predicted molar refractivity (Wildman–Crippen MR) is 31.6 cm³/mol. The largest absolute Gasteiger partial charge is 2.00 e. The molecule has 0 amide bonds. The molecule has 0 bridgehead atoms. The molecule has 0 N–H and O–H groups in total. The number of hydrogen-bond donors (Lipinski definition) is 0. The van der Waals surface area contributed by atoms with Gasteiger partial charge < -0.3 is 15.3 Å². The molecule has 53 valence electrons. The number of rotatable bonds is 1. The average Bonchev–Trinajstić information content (AvgIpc) is 2.12. The van der Waals surface area contributed by atoms with Gasteiger partial charge in [-0.05, 0) is 5.92 Å². The fraction of sp³-hybridized carbons (Fsp3) is 0.800. The maximum Gasteiger partial charge on any atom is 2.00 e. The van der Waals surface area contributed by atoms with E-state index in [0.29, 0.717) is 12.6 Å². The Morgan fingerprint density at radius 1 is 1.67 bits per heavy atom. The van der Waals surface area contributed by atoms with E-state index in [9.17, 15) is 0 Å². The summed E-state index contributed by atoms with van der Waals surface area (Å²) in [4.78, 5) is 8.60. The van der Waals surface area contributed by atoms with Crippen molar-refractivity contribution in [1.82, 2.24) is 0 Å². The smallest absolute Gasteiger partial charge is 0.443 e. The number of aliphatic imine (C=N–C) groups is 1. The third kappa shape index (κ3) is 2.42. The third-order valence-electron chi connectivity index (χ3n) is 0.959. The van der Waals surface area contributed by atoms with Gasteiger partial charge in [-0.3, -0.25) is 0 Å². The molecule has 1 aliphatic rings. The van der Waals surface area contributed by atoms with Crippen LogP contribution in [0.25, 0.3) is 5.48 Å². The Kier molecular flexibility index (Phi) is 3.99. The molecule has 0 saturated heterocycles. The molecule has 0 aliphatic carbocycles. The van der Waals surface area contributed by atoms with Crippen molar-refractivity contribution in [2.75, 3.05) is 6.73 Å². The van der Waals surface area contributed by atoms with E-state index < -0.39 is 0 Å². The first kappa shape index (κ1) is 9.05. The van der Waals surface area contributed by atoms with Gasteiger partial charge >= 0.3 is 19.5 Å². The van der Waals surface area contributed by atoms with Gasteiger partial charge in [0.15, 0.2) is 0 Å². The van der Waals surface area contributed by atoms with Crippen molar-refractivity contribution in [2.45, 2.75) is 13.8 Å². The van der Waals surface area contributed by atoms with Crippen LogP contribution in [0.3, 0.4) is 0 Å². The van der Waals surface area contributed by atoms with Crippen molar-refractivity contribution in [3.63, 3.8) is 0 Å². The monoisotopic (exact) mass is 216 g/mol. The van der Waals surface area contributed by atoms with Crippen LogP contribution in [0.15, 0.2) is 4.99 Å². The van der Waals surface area contributed by atoms with Crippen LogP contribution < -0.4 is 0 Å². The van der Waals surface area contributed by atoms with Crippen molar-refractivity contribution in [3.05, 3.63) is 5.48 Å². The van der Waals surface area contributed by atoms with E-state index in [1.165, 1.54) is 0 Å². The van der Waals surface area contributed by atoms with E-state index in [1.54, 1.807) is 0 Å². The summed E-state index contributed by atoms with van der Waals surface area (Å²) >= 11 is 0. The number of amidine groups is 1. The van der Waals surface area contributed by atoms with Gasteiger partial charge in [-0.25, -0.2) is 0 Å². The Morgan fingerprint density at radius 3 is 2.56 bits per heavy atom. The van der Waals surface area contributed by atoms with Crippen molar-refractivity contribution < 1.29 is 24.3 Å². The molecule has 0 spiro atoms. The van der Waals surface area contributed by atoms with E-state index in [2.05, 4.69) is 15.3 Å². The van der Waals surface area contributed by atoms with Gasteiger partial charge in [0.2, 0.25) is 0 Å². The fourth-order valence-corrected chi connectivity index (χ4v) is 0.507. The molecule has 3 nitrogen and oxygen atoms in total. The summed E-state index contributed by atoms with van der Waals surface area (Å²) in [6.45, 7) is 4.49. The number of hydroxylamine groups is 1.